The van der Waals surface area contributed by atoms with Gasteiger partial charge in [-0.15, -0.1) is 0 Å². The molecular weight excluding hydrogens is 200 g/mol. The highest BCUT2D eigenvalue weighted by atomic mass is 16.3. The fraction of sp³-hybridized carbons (Fsp3) is 0.308. The molecule has 2 rings (SSSR count). The van der Waals surface area contributed by atoms with Gasteiger partial charge >= 0.3 is 0 Å². The van der Waals surface area contributed by atoms with E-state index in [1.54, 1.807) is 12.5 Å². The van der Waals surface area contributed by atoms with Gasteiger partial charge in [0.05, 0.1) is 18.2 Å². The maximum atomic E-state index is 10.2. The van der Waals surface area contributed by atoms with E-state index < -0.39 is 6.10 Å². The van der Waals surface area contributed by atoms with Crippen molar-refractivity contribution in [1.29, 1.82) is 0 Å². The molecule has 16 heavy (non-hydrogen) atoms. The molecule has 1 N–H and O–H groups in total. The van der Waals surface area contributed by atoms with Gasteiger partial charge in [-0.1, -0.05) is 18.2 Å². The van der Waals surface area contributed by atoms with Gasteiger partial charge in [-0.2, -0.15) is 0 Å². The van der Waals surface area contributed by atoms with E-state index in [2.05, 4.69) is 18.8 Å². The summed E-state index contributed by atoms with van der Waals surface area (Å²) in [6.07, 6.45) is 2.78. The number of benzene rings is 1. The van der Waals surface area contributed by atoms with Gasteiger partial charge in [0.2, 0.25) is 0 Å². The van der Waals surface area contributed by atoms with Crippen LogP contribution in [0.3, 0.4) is 0 Å². The Hall–Kier alpha value is -1.61. The second-order valence-electron chi connectivity index (χ2n) is 4.18. The largest absolute Gasteiger partial charge is 0.382 e. The molecule has 1 heterocycles. The van der Waals surface area contributed by atoms with E-state index in [0.717, 1.165) is 11.3 Å². The van der Waals surface area contributed by atoms with Crippen LogP contribution < -0.4 is 0 Å². The van der Waals surface area contributed by atoms with E-state index in [1.807, 2.05) is 29.8 Å². The van der Waals surface area contributed by atoms with E-state index in [9.17, 15) is 5.11 Å². The van der Waals surface area contributed by atoms with Gasteiger partial charge in [-0.05, 0) is 30.5 Å². The van der Waals surface area contributed by atoms with Crippen molar-refractivity contribution in [2.24, 2.45) is 7.05 Å². The lowest BCUT2D eigenvalue weighted by Crippen LogP contribution is -2.05. The zero-order valence-electron chi connectivity index (χ0n) is 9.81. The molecule has 1 atom stereocenters. The minimum atomic E-state index is -0.605. The van der Waals surface area contributed by atoms with Crippen molar-refractivity contribution >= 4 is 0 Å². The number of aryl methyl sites for hydroxylation is 3. The topological polar surface area (TPSA) is 38.1 Å². The Kier molecular flexibility index (Phi) is 2.79. The minimum absolute atomic E-state index is 0.605. The summed E-state index contributed by atoms with van der Waals surface area (Å²) in [5.41, 5.74) is 4.15. The monoisotopic (exact) mass is 216 g/mol. The maximum Gasteiger partial charge on any atom is 0.121 e. The standard InChI is InChI=1S/C13H16N2O/c1-9-4-5-11(6-10(9)2)13(16)12-7-14-8-15(12)3/h4-8,13,16H,1-3H3. The van der Waals surface area contributed by atoms with E-state index in [0.29, 0.717) is 0 Å². The van der Waals surface area contributed by atoms with Crippen molar-refractivity contribution in [3.63, 3.8) is 0 Å². The summed E-state index contributed by atoms with van der Waals surface area (Å²) in [6, 6.07) is 6.01. The fourth-order valence-electron chi connectivity index (χ4n) is 1.74. The third-order valence-electron chi connectivity index (χ3n) is 2.98. The summed E-state index contributed by atoms with van der Waals surface area (Å²) in [6.45, 7) is 4.12. The quantitative estimate of drug-likeness (QED) is 0.835. The number of rotatable bonds is 2. The van der Waals surface area contributed by atoms with Gasteiger partial charge in [-0.3, -0.25) is 0 Å². The van der Waals surface area contributed by atoms with Gasteiger partial charge in [0.1, 0.15) is 6.10 Å². The molecule has 0 aliphatic heterocycles. The third kappa shape index (κ3) is 1.86. The molecule has 2 aromatic rings. The molecule has 1 unspecified atom stereocenters. The highest BCUT2D eigenvalue weighted by Gasteiger charge is 2.13. The van der Waals surface area contributed by atoms with Crippen molar-refractivity contribution in [3.8, 4) is 0 Å². The van der Waals surface area contributed by atoms with Crippen LogP contribution in [0.25, 0.3) is 0 Å². The summed E-state index contributed by atoms with van der Waals surface area (Å²) < 4.78 is 1.83. The average molecular weight is 216 g/mol. The average Bonchev–Trinajstić information content (AvgIpc) is 2.67. The van der Waals surface area contributed by atoms with Crippen LogP contribution >= 0.6 is 0 Å². The van der Waals surface area contributed by atoms with Crippen molar-refractivity contribution in [3.05, 3.63) is 53.1 Å². The molecule has 3 heteroatoms. The Balaban J connectivity index is 2.38. The van der Waals surface area contributed by atoms with Crippen molar-refractivity contribution < 1.29 is 5.11 Å². The highest BCUT2D eigenvalue weighted by molar-refractivity contribution is 5.33. The van der Waals surface area contributed by atoms with Gasteiger partial charge in [0, 0.05) is 7.05 Å². The third-order valence-corrected chi connectivity index (χ3v) is 2.98. The Labute approximate surface area is 95.4 Å². The summed E-state index contributed by atoms with van der Waals surface area (Å²) in [7, 11) is 1.88. The van der Waals surface area contributed by atoms with Crippen LogP contribution in [0.2, 0.25) is 0 Å². The predicted octanol–water partition coefficient (Wildman–Crippen LogP) is 2.12. The van der Waals surface area contributed by atoms with Crippen LogP contribution in [0.1, 0.15) is 28.5 Å². The van der Waals surface area contributed by atoms with Gasteiger partial charge in [0.25, 0.3) is 0 Å². The lowest BCUT2D eigenvalue weighted by Gasteiger charge is -2.13. The number of aliphatic hydroxyl groups is 1. The minimum Gasteiger partial charge on any atom is -0.382 e. The van der Waals surface area contributed by atoms with Crippen LogP contribution in [-0.2, 0) is 7.05 Å². The Morgan fingerprint density at radius 2 is 2.00 bits per heavy atom. The van der Waals surface area contributed by atoms with Crippen LogP contribution in [0, 0.1) is 13.8 Å². The Morgan fingerprint density at radius 3 is 2.56 bits per heavy atom. The molecule has 1 aromatic heterocycles. The maximum absolute atomic E-state index is 10.2. The number of nitrogens with zero attached hydrogens (tertiary/aromatic N) is 2. The summed E-state index contributed by atoms with van der Waals surface area (Å²) >= 11 is 0. The van der Waals surface area contributed by atoms with Gasteiger partial charge in [-0.25, -0.2) is 4.98 Å². The van der Waals surface area contributed by atoms with Crippen LogP contribution in [-0.4, -0.2) is 14.7 Å². The summed E-state index contributed by atoms with van der Waals surface area (Å²) in [5.74, 6) is 0. The van der Waals surface area contributed by atoms with E-state index in [-0.39, 0.29) is 0 Å². The molecule has 0 fully saturated rings. The lowest BCUT2D eigenvalue weighted by atomic mass is 10.0. The molecule has 0 bridgehead atoms. The summed E-state index contributed by atoms with van der Waals surface area (Å²) in [5, 5.41) is 10.2. The molecular formula is C13H16N2O. The van der Waals surface area contributed by atoms with Crippen LogP contribution in [0.15, 0.2) is 30.7 Å². The van der Waals surface area contributed by atoms with E-state index >= 15 is 0 Å². The van der Waals surface area contributed by atoms with E-state index in [4.69, 9.17) is 0 Å². The Bertz CT molecular complexity index is 502. The van der Waals surface area contributed by atoms with Crippen LogP contribution in [0.4, 0.5) is 0 Å². The SMILES string of the molecule is Cc1ccc(C(O)c2cncn2C)cc1C. The normalized spacial score (nSPS) is 12.8. The second-order valence-corrected chi connectivity index (χ2v) is 4.18. The Morgan fingerprint density at radius 1 is 1.25 bits per heavy atom. The lowest BCUT2D eigenvalue weighted by molar-refractivity contribution is 0.211. The molecule has 0 aliphatic rings. The number of aliphatic hydroxyl groups excluding tert-OH is 1. The first-order valence-corrected chi connectivity index (χ1v) is 5.31. The van der Waals surface area contributed by atoms with Crippen molar-refractivity contribution in [2.75, 3.05) is 0 Å². The molecule has 0 saturated carbocycles. The molecule has 0 radical (unpaired) electrons. The first-order chi connectivity index (χ1) is 7.59. The first kappa shape index (κ1) is 10.9. The zero-order valence-corrected chi connectivity index (χ0v) is 9.81. The summed E-state index contributed by atoms with van der Waals surface area (Å²) in [4.78, 5) is 4.01. The molecule has 3 nitrogen and oxygen atoms in total. The van der Waals surface area contributed by atoms with Crippen molar-refractivity contribution in [1.82, 2.24) is 9.55 Å². The first-order valence-electron chi connectivity index (χ1n) is 5.31. The molecule has 0 aliphatic carbocycles. The number of aromatic nitrogens is 2. The van der Waals surface area contributed by atoms with Crippen molar-refractivity contribution in [2.45, 2.75) is 20.0 Å². The fourth-order valence-corrected chi connectivity index (χ4v) is 1.74. The zero-order chi connectivity index (χ0) is 11.7. The highest BCUT2D eigenvalue weighted by Crippen LogP contribution is 2.22. The second kappa shape index (κ2) is 4.10. The number of imidazole rings is 1. The number of hydrogen-bond donors (Lipinski definition) is 1. The molecule has 0 spiro atoms. The molecule has 0 amide bonds. The smallest absolute Gasteiger partial charge is 0.121 e. The van der Waals surface area contributed by atoms with E-state index in [1.165, 1.54) is 11.1 Å². The molecule has 84 valence electrons. The molecule has 0 saturated heterocycles. The van der Waals surface area contributed by atoms with Crippen LogP contribution in [0.5, 0.6) is 0 Å². The predicted molar refractivity (Wildman–Crippen MR) is 63.2 cm³/mol. The van der Waals surface area contributed by atoms with Gasteiger partial charge in [0.15, 0.2) is 0 Å². The number of hydrogen-bond acceptors (Lipinski definition) is 2. The van der Waals surface area contributed by atoms with Gasteiger partial charge < -0.3 is 9.67 Å². The molecule has 1 aromatic carbocycles.